The summed E-state index contributed by atoms with van der Waals surface area (Å²) >= 11 is 0. The van der Waals surface area contributed by atoms with Crippen LogP contribution in [0.2, 0.25) is 0 Å². The molecule has 0 aliphatic heterocycles. The van der Waals surface area contributed by atoms with Crippen molar-refractivity contribution >= 4 is 5.97 Å². The van der Waals surface area contributed by atoms with E-state index in [1.807, 2.05) is 0 Å². The summed E-state index contributed by atoms with van der Waals surface area (Å²) in [7, 11) is 0. The molecule has 0 aromatic heterocycles. The Kier molecular flexibility index (Phi) is 15.6. The maximum absolute atomic E-state index is 11.6. The minimum absolute atomic E-state index is 0.237. The van der Waals surface area contributed by atoms with E-state index in [0.717, 1.165) is 25.7 Å². The van der Waals surface area contributed by atoms with Crippen molar-refractivity contribution in [2.45, 2.75) is 108 Å². The van der Waals surface area contributed by atoms with Crippen molar-refractivity contribution in [1.29, 1.82) is 0 Å². The van der Waals surface area contributed by atoms with Crippen molar-refractivity contribution in [2.75, 3.05) is 13.2 Å². The zero-order valence-corrected chi connectivity index (χ0v) is 16.5. The van der Waals surface area contributed by atoms with Crippen molar-refractivity contribution < 1.29 is 36.4 Å². The summed E-state index contributed by atoms with van der Waals surface area (Å²) in [5, 5.41) is 46.7. The van der Waals surface area contributed by atoms with Gasteiger partial charge < -0.3 is 30.3 Å². The summed E-state index contributed by atoms with van der Waals surface area (Å²) in [6.07, 6.45) is 5.90. The lowest BCUT2D eigenvalue weighted by Crippen LogP contribution is -2.47. The molecule has 0 bridgehead atoms. The molecular formula is C20H40O7. The number of carbonyl (C=O) groups is 1. The van der Waals surface area contributed by atoms with Gasteiger partial charge in [-0.1, -0.05) is 71.1 Å². The molecule has 0 heterocycles. The van der Waals surface area contributed by atoms with Gasteiger partial charge in [0.25, 0.3) is 0 Å². The van der Waals surface area contributed by atoms with Gasteiger partial charge in [0, 0.05) is 7.79 Å². The van der Waals surface area contributed by atoms with E-state index >= 15 is 0 Å². The molecule has 0 fully saturated rings. The third-order valence-electron chi connectivity index (χ3n) is 4.62. The molecule has 0 rings (SSSR count). The lowest BCUT2D eigenvalue weighted by Gasteiger charge is -2.25. The third kappa shape index (κ3) is 14.0. The Hall–Kier alpha value is -0.730. The van der Waals surface area contributed by atoms with Crippen LogP contribution in [0.1, 0.15) is 85.3 Å². The van der Waals surface area contributed by atoms with Gasteiger partial charge in [-0.3, -0.25) is 4.79 Å². The Bertz CT molecular complexity index is 370. The summed E-state index contributed by atoms with van der Waals surface area (Å²) < 4.78 is 11.9. The molecule has 0 radical (unpaired) electrons. The van der Waals surface area contributed by atoms with Crippen LogP contribution in [0.4, 0.5) is 0 Å². The minimum atomic E-state index is -1.72. The lowest BCUT2D eigenvalue weighted by molar-refractivity contribution is -0.156. The molecule has 5 N–H and O–H groups in total. The molecule has 0 saturated heterocycles. The molecule has 0 spiro atoms. The van der Waals surface area contributed by atoms with Gasteiger partial charge in [0.2, 0.25) is 0 Å². The number of ether oxygens (including phenoxy) is 1. The first-order valence-corrected chi connectivity index (χ1v) is 10.2. The van der Waals surface area contributed by atoms with Gasteiger partial charge in [-0.25, -0.2) is 0 Å². The van der Waals surface area contributed by atoms with Crippen molar-refractivity contribution in [1.82, 2.24) is 0 Å². The maximum atomic E-state index is 11.6. The monoisotopic (exact) mass is 393 g/mol. The maximum Gasteiger partial charge on any atom is 0.305 e. The fourth-order valence-electron chi connectivity index (χ4n) is 2.77. The molecule has 0 aliphatic rings. The van der Waals surface area contributed by atoms with Crippen LogP contribution >= 0.6 is 0 Å². The molecule has 7 heteroatoms. The van der Waals surface area contributed by atoms with Crippen molar-refractivity contribution in [2.24, 2.45) is 0 Å². The second-order valence-electron chi connectivity index (χ2n) is 7.12. The van der Waals surface area contributed by atoms with Gasteiger partial charge in [0.15, 0.2) is 0 Å². The number of hydrogen-bond donors (Lipinski definition) is 5. The summed E-state index contributed by atoms with van der Waals surface area (Å²) in [6, 6.07) is 0. The highest BCUT2D eigenvalue weighted by molar-refractivity contribution is 5.69. The molecule has 0 saturated carbocycles. The molecule has 0 unspecified atom stereocenters. The van der Waals surface area contributed by atoms with E-state index in [9.17, 15) is 25.2 Å². The Labute approximate surface area is 164 Å². The SMILES string of the molecule is [2H]CCCCCCCCCCCCCC(=O)OC[C@@H](O)[C@@H](O)[C@H](O)[C@@H](O)CO. The number of aliphatic hydroxyl groups is 5. The van der Waals surface area contributed by atoms with Crippen LogP contribution in [0.5, 0.6) is 0 Å². The van der Waals surface area contributed by atoms with Gasteiger partial charge in [0.05, 0.1) is 6.61 Å². The molecule has 4 atom stereocenters. The van der Waals surface area contributed by atoms with Crippen molar-refractivity contribution in [3.8, 4) is 0 Å². The Balaban J connectivity index is 3.55. The highest BCUT2D eigenvalue weighted by Gasteiger charge is 2.30. The van der Waals surface area contributed by atoms with Gasteiger partial charge in [-0.15, -0.1) is 0 Å². The molecule has 162 valence electrons. The normalized spacial score (nSPS) is 16.4. The fourth-order valence-corrected chi connectivity index (χ4v) is 2.77. The molecule has 0 amide bonds. The van der Waals surface area contributed by atoms with Crippen molar-refractivity contribution in [3.05, 3.63) is 0 Å². The molecule has 7 nitrogen and oxygen atoms in total. The van der Waals surface area contributed by atoms with E-state index in [4.69, 9.17) is 11.2 Å². The van der Waals surface area contributed by atoms with Crippen LogP contribution in [-0.2, 0) is 9.53 Å². The number of unbranched alkanes of at least 4 members (excludes halogenated alkanes) is 10. The van der Waals surface area contributed by atoms with E-state index in [1.165, 1.54) is 38.5 Å². The standard InChI is InChI=1S/C20H40O7/c1-2-3-4-5-6-7-8-9-10-11-12-13-18(24)27-15-17(23)20(26)19(25)16(22)14-21/h16-17,19-23,25-26H,2-15H2,1H3/t16-,17+,19+,20+/m0/s1/i1D. The zero-order valence-electron chi connectivity index (χ0n) is 17.5. The molecule has 0 aromatic rings. The topological polar surface area (TPSA) is 127 Å². The second kappa shape index (κ2) is 17.4. The highest BCUT2D eigenvalue weighted by atomic mass is 16.5. The van der Waals surface area contributed by atoms with Gasteiger partial charge >= 0.3 is 5.97 Å². The fraction of sp³-hybridized carbons (Fsp3) is 0.950. The first-order valence-electron chi connectivity index (χ1n) is 10.9. The van der Waals surface area contributed by atoms with Gasteiger partial charge in [-0.05, 0) is 6.42 Å². The Morgan fingerprint density at radius 3 is 1.81 bits per heavy atom. The lowest BCUT2D eigenvalue weighted by atomic mass is 10.0. The van der Waals surface area contributed by atoms with Gasteiger partial charge in [0.1, 0.15) is 31.0 Å². The third-order valence-corrected chi connectivity index (χ3v) is 4.62. The number of esters is 1. The predicted molar refractivity (Wildman–Crippen MR) is 103 cm³/mol. The van der Waals surface area contributed by atoms with Crippen molar-refractivity contribution in [3.63, 3.8) is 0 Å². The van der Waals surface area contributed by atoms with Crippen LogP contribution in [-0.4, -0.2) is 69.1 Å². The summed E-state index contributed by atoms with van der Waals surface area (Å²) in [4.78, 5) is 11.6. The molecule has 0 aliphatic carbocycles. The average molecular weight is 394 g/mol. The summed E-state index contributed by atoms with van der Waals surface area (Å²) in [5.41, 5.74) is 0. The van der Waals surface area contributed by atoms with E-state index in [-0.39, 0.29) is 6.42 Å². The number of carbonyl (C=O) groups excluding carboxylic acids is 1. The van der Waals surface area contributed by atoms with Crippen LogP contribution in [0.25, 0.3) is 0 Å². The number of hydrogen-bond acceptors (Lipinski definition) is 7. The zero-order chi connectivity index (χ0) is 21.2. The highest BCUT2D eigenvalue weighted by Crippen LogP contribution is 2.12. The van der Waals surface area contributed by atoms with Crippen LogP contribution < -0.4 is 0 Å². The smallest absolute Gasteiger partial charge is 0.305 e. The number of aliphatic hydroxyl groups excluding tert-OH is 5. The average Bonchev–Trinajstić information content (AvgIpc) is 2.70. The summed E-state index contributed by atoms with van der Waals surface area (Å²) in [5.74, 6) is -0.476. The molecule has 0 aromatic carbocycles. The van der Waals surface area contributed by atoms with Crippen LogP contribution in [0.15, 0.2) is 0 Å². The van der Waals surface area contributed by atoms with Crippen LogP contribution in [0.3, 0.4) is 0 Å². The number of rotatable bonds is 18. The van der Waals surface area contributed by atoms with Crippen LogP contribution in [0, 0.1) is 0 Å². The second-order valence-corrected chi connectivity index (χ2v) is 7.12. The summed E-state index contributed by atoms with van der Waals surface area (Å²) in [6.45, 7) is -0.692. The first-order chi connectivity index (χ1) is 13.4. The van der Waals surface area contributed by atoms with E-state index in [1.54, 1.807) is 0 Å². The predicted octanol–water partition coefficient (Wildman–Crippen LogP) is 1.67. The van der Waals surface area contributed by atoms with Gasteiger partial charge in [-0.2, -0.15) is 0 Å². The minimum Gasteiger partial charge on any atom is -0.463 e. The largest absolute Gasteiger partial charge is 0.463 e. The quantitative estimate of drug-likeness (QED) is 0.177. The van der Waals surface area contributed by atoms with E-state index in [0.29, 0.717) is 13.3 Å². The molecule has 27 heavy (non-hydrogen) atoms. The Morgan fingerprint density at radius 1 is 0.815 bits per heavy atom. The molecular weight excluding hydrogens is 352 g/mol. The Morgan fingerprint density at radius 2 is 1.30 bits per heavy atom. The van der Waals surface area contributed by atoms with E-state index in [2.05, 4.69) is 0 Å². The van der Waals surface area contributed by atoms with E-state index < -0.39 is 43.6 Å². The first kappa shape index (κ1) is 24.3.